The third-order valence-corrected chi connectivity index (χ3v) is 6.13. The summed E-state index contributed by atoms with van der Waals surface area (Å²) in [6.07, 6.45) is 3.13. The third-order valence-electron chi connectivity index (χ3n) is 4.01. The fourth-order valence-electron chi connectivity index (χ4n) is 3.07. The van der Waals surface area contributed by atoms with Crippen LogP contribution in [0.4, 0.5) is 5.69 Å². The predicted molar refractivity (Wildman–Crippen MR) is 83.6 cm³/mol. The number of nitrogen functional groups attached to an aromatic ring is 1. The Balaban J connectivity index is 2.36. The number of sulfonamides is 1. The molecule has 1 aliphatic carbocycles. The van der Waals surface area contributed by atoms with E-state index in [1.54, 1.807) is 6.07 Å². The van der Waals surface area contributed by atoms with E-state index in [1.165, 1.54) is 12.1 Å². The molecule has 2 rings (SSSR count). The molecule has 0 aromatic heterocycles. The van der Waals surface area contributed by atoms with Crippen molar-refractivity contribution in [3.63, 3.8) is 0 Å². The molecule has 1 aromatic carbocycles. The lowest BCUT2D eigenvalue weighted by atomic mass is 9.78. The lowest BCUT2D eigenvalue weighted by Gasteiger charge is -2.39. The Bertz CT molecular complexity index is 600. The molecule has 21 heavy (non-hydrogen) atoms. The molecular weight excluding hydrogens is 312 g/mol. The first kappa shape index (κ1) is 16.5. The number of rotatable bonds is 4. The van der Waals surface area contributed by atoms with Crippen LogP contribution < -0.4 is 10.5 Å². The molecule has 1 fully saturated rings. The molecule has 4 N–H and O–H groups in total. The Labute approximate surface area is 130 Å². The van der Waals surface area contributed by atoms with Gasteiger partial charge in [-0.3, -0.25) is 0 Å². The van der Waals surface area contributed by atoms with Crippen LogP contribution in [0.15, 0.2) is 23.1 Å². The van der Waals surface area contributed by atoms with Crippen molar-refractivity contribution in [1.82, 2.24) is 4.72 Å². The van der Waals surface area contributed by atoms with E-state index < -0.39 is 15.6 Å². The lowest BCUT2D eigenvalue weighted by molar-refractivity contribution is 0.120. The summed E-state index contributed by atoms with van der Waals surface area (Å²) in [6.45, 7) is 1.82. The number of aliphatic hydroxyl groups excluding tert-OH is 1. The Morgan fingerprint density at radius 2 is 2.24 bits per heavy atom. The highest BCUT2D eigenvalue weighted by molar-refractivity contribution is 7.89. The quantitative estimate of drug-likeness (QED) is 0.736. The molecule has 1 aromatic rings. The van der Waals surface area contributed by atoms with Gasteiger partial charge in [0.1, 0.15) is 4.90 Å². The summed E-state index contributed by atoms with van der Waals surface area (Å²) in [7, 11) is -3.88. The van der Waals surface area contributed by atoms with Gasteiger partial charge in [0.2, 0.25) is 10.0 Å². The van der Waals surface area contributed by atoms with Crippen molar-refractivity contribution >= 4 is 27.3 Å². The Kier molecular flexibility index (Phi) is 4.82. The van der Waals surface area contributed by atoms with Gasteiger partial charge >= 0.3 is 0 Å². The van der Waals surface area contributed by atoms with E-state index >= 15 is 0 Å². The minimum atomic E-state index is -3.88. The van der Waals surface area contributed by atoms with Crippen molar-refractivity contribution in [2.45, 2.75) is 43.0 Å². The fraction of sp³-hybridized carbons (Fsp3) is 0.571. The first-order chi connectivity index (χ1) is 9.80. The van der Waals surface area contributed by atoms with Crippen LogP contribution in [0.5, 0.6) is 0 Å². The molecule has 7 heteroatoms. The van der Waals surface area contributed by atoms with E-state index in [2.05, 4.69) is 11.6 Å². The molecule has 2 atom stereocenters. The Morgan fingerprint density at radius 3 is 2.81 bits per heavy atom. The number of anilines is 1. The zero-order chi connectivity index (χ0) is 15.7. The van der Waals surface area contributed by atoms with E-state index in [-0.39, 0.29) is 22.2 Å². The van der Waals surface area contributed by atoms with Crippen molar-refractivity contribution < 1.29 is 13.5 Å². The van der Waals surface area contributed by atoms with Crippen molar-refractivity contribution in [1.29, 1.82) is 0 Å². The monoisotopic (exact) mass is 332 g/mol. The molecule has 118 valence electrons. The molecule has 0 bridgehead atoms. The zero-order valence-electron chi connectivity index (χ0n) is 12.0. The van der Waals surface area contributed by atoms with Crippen molar-refractivity contribution in [2.75, 3.05) is 12.3 Å². The number of benzene rings is 1. The number of halogens is 1. The first-order valence-electron chi connectivity index (χ1n) is 6.98. The second kappa shape index (κ2) is 6.12. The predicted octanol–water partition coefficient (Wildman–Crippen LogP) is 2.14. The van der Waals surface area contributed by atoms with Crippen LogP contribution in [0.1, 0.15) is 32.6 Å². The van der Waals surface area contributed by atoms with Gasteiger partial charge in [0, 0.05) is 0 Å². The molecule has 2 unspecified atom stereocenters. The van der Waals surface area contributed by atoms with Gasteiger partial charge < -0.3 is 10.8 Å². The van der Waals surface area contributed by atoms with Gasteiger partial charge in [0.05, 0.1) is 22.9 Å². The summed E-state index contributed by atoms with van der Waals surface area (Å²) in [5.41, 5.74) is 5.03. The maximum atomic E-state index is 12.6. The topological polar surface area (TPSA) is 92.4 Å². The van der Waals surface area contributed by atoms with E-state index in [0.717, 1.165) is 12.8 Å². The molecule has 0 heterocycles. The molecule has 1 aliphatic rings. The molecule has 0 saturated heterocycles. The second-order valence-electron chi connectivity index (χ2n) is 5.90. The van der Waals surface area contributed by atoms with Gasteiger partial charge in [-0.15, -0.1) is 0 Å². The number of hydrogen-bond acceptors (Lipinski definition) is 4. The number of aliphatic hydroxyl groups is 1. The average Bonchev–Trinajstić information content (AvgIpc) is 2.37. The zero-order valence-corrected chi connectivity index (χ0v) is 13.5. The Morgan fingerprint density at radius 1 is 1.52 bits per heavy atom. The minimum Gasteiger partial charge on any atom is -0.398 e. The minimum absolute atomic E-state index is 0.0828. The van der Waals surface area contributed by atoms with Crippen LogP contribution in [0.25, 0.3) is 0 Å². The van der Waals surface area contributed by atoms with Gasteiger partial charge in [0.25, 0.3) is 0 Å². The highest BCUT2D eigenvalue weighted by Gasteiger charge is 2.39. The second-order valence-corrected chi connectivity index (χ2v) is 7.93. The number of hydrogen-bond donors (Lipinski definition) is 3. The van der Waals surface area contributed by atoms with Crippen molar-refractivity contribution in [2.24, 2.45) is 5.92 Å². The van der Waals surface area contributed by atoms with Crippen LogP contribution in [0.3, 0.4) is 0 Å². The van der Waals surface area contributed by atoms with E-state index in [4.69, 9.17) is 17.3 Å². The van der Waals surface area contributed by atoms with E-state index in [0.29, 0.717) is 18.8 Å². The van der Waals surface area contributed by atoms with Gasteiger partial charge in [-0.25, -0.2) is 13.1 Å². The van der Waals surface area contributed by atoms with Crippen molar-refractivity contribution in [3.8, 4) is 0 Å². The lowest BCUT2D eigenvalue weighted by Crippen LogP contribution is -2.53. The van der Waals surface area contributed by atoms with Crippen LogP contribution in [0, 0.1) is 5.92 Å². The van der Waals surface area contributed by atoms with Crippen molar-refractivity contribution in [3.05, 3.63) is 23.2 Å². The van der Waals surface area contributed by atoms with Gasteiger partial charge in [-0.2, -0.15) is 0 Å². The van der Waals surface area contributed by atoms with Gasteiger partial charge in [-0.1, -0.05) is 37.4 Å². The van der Waals surface area contributed by atoms with Gasteiger partial charge in [-0.05, 0) is 30.9 Å². The van der Waals surface area contributed by atoms with Gasteiger partial charge in [0.15, 0.2) is 0 Å². The normalized spacial score (nSPS) is 26.7. The molecule has 0 spiro atoms. The largest absolute Gasteiger partial charge is 0.398 e. The summed E-state index contributed by atoms with van der Waals surface area (Å²) in [5, 5.41) is 9.80. The maximum Gasteiger partial charge on any atom is 0.244 e. The fourth-order valence-corrected chi connectivity index (χ4v) is 5.19. The summed E-state index contributed by atoms with van der Waals surface area (Å²) >= 11 is 5.99. The molecule has 0 amide bonds. The Hall–Kier alpha value is -0.820. The third kappa shape index (κ3) is 3.51. The summed E-state index contributed by atoms with van der Waals surface area (Å²) < 4.78 is 27.9. The average molecular weight is 333 g/mol. The summed E-state index contributed by atoms with van der Waals surface area (Å²) in [5.74, 6) is 0.359. The SMILES string of the molecule is CC1CCCC(CO)(NS(=O)(=O)c2c(N)cccc2Cl)C1. The summed E-state index contributed by atoms with van der Waals surface area (Å²) in [4.78, 5) is -0.113. The standard InChI is InChI=1S/C14H21ClN2O3S/c1-10-4-3-7-14(8-10,9-18)17-21(19,20)13-11(15)5-2-6-12(13)16/h2,5-6,10,17-18H,3-4,7-9,16H2,1H3. The molecular formula is C14H21ClN2O3S. The van der Waals surface area contributed by atoms with E-state index in [1.807, 2.05) is 0 Å². The van der Waals surface area contributed by atoms with Crippen LogP contribution in [0.2, 0.25) is 5.02 Å². The van der Waals surface area contributed by atoms with Crippen LogP contribution >= 0.6 is 11.6 Å². The molecule has 0 aliphatic heterocycles. The highest BCUT2D eigenvalue weighted by Crippen LogP contribution is 2.35. The van der Waals surface area contributed by atoms with Crippen LogP contribution in [-0.4, -0.2) is 25.7 Å². The maximum absolute atomic E-state index is 12.6. The molecule has 5 nitrogen and oxygen atoms in total. The number of nitrogens with one attached hydrogen (secondary N) is 1. The van der Waals surface area contributed by atoms with Crippen LogP contribution in [-0.2, 0) is 10.0 Å². The highest BCUT2D eigenvalue weighted by atomic mass is 35.5. The summed E-state index contributed by atoms with van der Waals surface area (Å²) in [6, 6.07) is 4.58. The van der Waals surface area contributed by atoms with E-state index in [9.17, 15) is 13.5 Å². The molecule has 1 saturated carbocycles. The molecule has 0 radical (unpaired) electrons. The smallest absolute Gasteiger partial charge is 0.244 e. The number of nitrogens with two attached hydrogens (primary N) is 1. The first-order valence-corrected chi connectivity index (χ1v) is 8.85.